The fourth-order valence-electron chi connectivity index (χ4n) is 2.80. The van der Waals surface area contributed by atoms with E-state index in [0.29, 0.717) is 6.54 Å². The highest BCUT2D eigenvalue weighted by Crippen LogP contribution is 2.20. The van der Waals surface area contributed by atoms with E-state index in [-0.39, 0.29) is 5.91 Å². The highest BCUT2D eigenvalue weighted by Gasteiger charge is 2.13. The molecule has 0 aliphatic heterocycles. The summed E-state index contributed by atoms with van der Waals surface area (Å²) < 4.78 is 1.93. The zero-order valence-electron chi connectivity index (χ0n) is 15.4. The van der Waals surface area contributed by atoms with Crippen molar-refractivity contribution < 1.29 is 4.79 Å². The molecule has 132 valence electrons. The second-order valence-corrected chi connectivity index (χ2v) is 6.42. The van der Waals surface area contributed by atoms with E-state index in [2.05, 4.69) is 41.6 Å². The summed E-state index contributed by atoms with van der Waals surface area (Å²) in [6.07, 6.45) is 3.35. The average Bonchev–Trinajstić information content (AvgIpc) is 2.90. The van der Waals surface area contributed by atoms with Crippen LogP contribution in [0.5, 0.6) is 0 Å². The molecule has 0 aliphatic rings. The first-order valence-electron chi connectivity index (χ1n) is 8.66. The van der Waals surface area contributed by atoms with Gasteiger partial charge in [-0.15, -0.1) is 0 Å². The van der Waals surface area contributed by atoms with E-state index < -0.39 is 0 Å². The highest BCUT2D eigenvalue weighted by atomic mass is 16.1. The van der Waals surface area contributed by atoms with Crippen molar-refractivity contribution in [3.8, 4) is 0 Å². The van der Waals surface area contributed by atoms with E-state index in [4.69, 9.17) is 0 Å². The van der Waals surface area contributed by atoms with E-state index >= 15 is 0 Å². The highest BCUT2D eigenvalue weighted by molar-refractivity contribution is 6.02. The maximum atomic E-state index is 12.3. The molecule has 0 fully saturated rings. The first kappa shape index (κ1) is 17.7. The first-order chi connectivity index (χ1) is 12.5. The number of carbonyl (C=O) groups excluding carboxylic acids is 1. The van der Waals surface area contributed by atoms with Crippen LogP contribution >= 0.6 is 0 Å². The molecule has 0 aliphatic carbocycles. The van der Waals surface area contributed by atoms with Crippen molar-refractivity contribution in [2.75, 3.05) is 5.32 Å². The number of nitrogens with one attached hydrogen (secondary N) is 1. The Hall–Kier alpha value is -3.14. The molecule has 0 saturated carbocycles. The van der Waals surface area contributed by atoms with Crippen molar-refractivity contribution in [3.05, 3.63) is 88.8 Å². The monoisotopic (exact) mass is 345 g/mol. The largest absolute Gasteiger partial charge is 0.319 e. The van der Waals surface area contributed by atoms with Gasteiger partial charge < -0.3 is 5.32 Å². The van der Waals surface area contributed by atoms with E-state index in [9.17, 15) is 4.79 Å². The molecule has 3 aromatic rings. The standard InChI is InChI=1S/C22H23N3O/c1-16-9-11-20(12-10-16)15-25-18(3)22(17(2)24-25)23-21(26)14-13-19-7-5-4-6-8-19/h4-14H,15H2,1-3H3,(H,23,26)/b14-13+. The van der Waals surface area contributed by atoms with Crippen LogP contribution in [0.4, 0.5) is 5.69 Å². The van der Waals surface area contributed by atoms with Gasteiger partial charge in [0.15, 0.2) is 0 Å². The number of hydrogen-bond acceptors (Lipinski definition) is 2. The van der Waals surface area contributed by atoms with Crippen molar-refractivity contribution in [2.45, 2.75) is 27.3 Å². The Morgan fingerprint density at radius 3 is 2.42 bits per heavy atom. The van der Waals surface area contributed by atoms with Gasteiger partial charge in [0.25, 0.3) is 0 Å². The van der Waals surface area contributed by atoms with Crippen molar-refractivity contribution in [3.63, 3.8) is 0 Å². The number of nitrogens with zero attached hydrogens (tertiary/aromatic N) is 2. The van der Waals surface area contributed by atoms with Gasteiger partial charge >= 0.3 is 0 Å². The maximum absolute atomic E-state index is 12.3. The number of rotatable bonds is 5. The Morgan fingerprint density at radius 1 is 1.04 bits per heavy atom. The normalized spacial score (nSPS) is 11.0. The number of carbonyl (C=O) groups is 1. The third-order valence-electron chi connectivity index (χ3n) is 4.31. The van der Waals surface area contributed by atoms with Gasteiger partial charge in [0.1, 0.15) is 0 Å². The van der Waals surface area contributed by atoms with Crippen LogP contribution < -0.4 is 5.32 Å². The van der Waals surface area contributed by atoms with Crippen LogP contribution in [0.2, 0.25) is 0 Å². The van der Waals surface area contributed by atoms with Crippen molar-refractivity contribution in [2.24, 2.45) is 0 Å². The minimum absolute atomic E-state index is 0.157. The lowest BCUT2D eigenvalue weighted by Gasteiger charge is -2.06. The summed E-state index contributed by atoms with van der Waals surface area (Å²) in [7, 11) is 0. The molecule has 26 heavy (non-hydrogen) atoms. The summed E-state index contributed by atoms with van der Waals surface area (Å²) in [6.45, 7) is 6.65. The van der Waals surface area contributed by atoms with Gasteiger partial charge in [-0.3, -0.25) is 9.48 Å². The molecule has 0 radical (unpaired) electrons. The van der Waals surface area contributed by atoms with Gasteiger partial charge in [0.05, 0.1) is 23.6 Å². The number of aryl methyl sites for hydroxylation is 2. The van der Waals surface area contributed by atoms with Crippen LogP contribution in [-0.2, 0) is 11.3 Å². The number of benzene rings is 2. The Morgan fingerprint density at radius 2 is 1.73 bits per heavy atom. The van der Waals surface area contributed by atoms with E-state index in [1.165, 1.54) is 11.1 Å². The van der Waals surface area contributed by atoms with Crippen LogP contribution in [0.25, 0.3) is 6.08 Å². The predicted molar refractivity (Wildman–Crippen MR) is 106 cm³/mol. The number of amides is 1. The van der Waals surface area contributed by atoms with Gasteiger partial charge in [-0.25, -0.2) is 0 Å². The third kappa shape index (κ3) is 4.28. The lowest BCUT2D eigenvalue weighted by molar-refractivity contribution is -0.111. The van der Waals surface area contributed by atoms with Crippen LogP contribution in [0.1, 0.15) is 28.1 Å². The smallest absolute Gasteiger partial charge is 0.248 e. The molecule has 1 aromatic heterocycles. The molecule has 2 aromatic carbocycles. The van der Waals surface area contributed by atoms with Gasteiger partial charge in [-0.05, 0) is 38.0 Å². The van der Waals surface area contributed by atoms with Crippen LogP contribution in [-0.4, -0.2) is 15.7 Å². The molecule has 1 amide bonds. The zero-order chi connectivity index (χ0) is 18.5. The van der Waals surface area contributed by atoms with Gasteiger partial charge in [0.2, 0.25) is 5.91 Å². The predicted octanol–water partition coefficient (Wildman–Crippen LogP) is 4.51. The van der Waals surface area contributed by atoms with Crippen molar-refractivity contribution in [1.29, 1.82) is 0 Å². The Balaban J connectivity index is 1.72. The molecular formula is C22H23N3O. The summed E-state index contributed by atoms with van der Waals surface area (Å²) in [5.74, 6) is -0.157. The Bertz CT molecular complexity index is 922. The molecule has 4 nitrogen and oxygen atoms in total. The summed E-state index contributed by atoms with van der Waals surface area (Å²) >= 11 is 0. The topological polar surface area (TPSA) is 46.9 Å². The number of aromatic nitrogens is 2. The first-order valence-corrected chi connectivity index (χ1v) is 8.66. The fourth-order valence-corrected chi connectivity index (χ4v) is 2.80. The second-order valence-electron chi connectivity index (χ2n) is 6.42. The zero-order valence-corrected chi connectivity index (χ0v) is 15.4. The minimum Gasteiger partial charge on any atom is -0.319 e. The molecule has 0 bridgehead atoms. The minimum atomic E-state index is -0.157. The summed E-state index contributed by atoms with van der Waals surface area (Å²) in [6, 6.07) is 18.2. The van der Waals surface area contributed by atoms with E-state index in [0.717, 1.165) is 22.6 Å². The summed E-state index contributed by atoms with van der Waals surface area (Å²) in [5.41, 5.74) is 5.95. The second kappa shape index (κ2) is 7.83. The maximum Gasteiger partial charge on any atom is 0.248 e. The molecular weight excluding hydrogens is 322 g/mol. The van der Waals surface area contributed by atoms with Crippen LogP contribution in [0.15, 0.2) is 60.7 Å². The number of hydrogen-bond donors (Lipinski definition) is 1. The van der Waals surface area contributed by atoms with Crippen LogP contribution in [0.3, 0.4) is 0 Å². The van der Waals surface area contributed by atoms with E-state index in [1.54, 1.807) is 12.2 Å². The summed E-state index contributed by atoms with van der Waals surface area (Å²) in [5, 5.41) is 7.53. The molecule has 0 unspecified atom stereocenters. The SMILES string of the molecule is Cc1ccc(Cn2nc(C)c(NC(=O)/C=C/c3ccccc3)c2C)cc1. The summed E-state index contributed by atoms with van der Waals surface area (Å²) in [4.78, 5) is 12.3. The number of anilines is 1. The van der Waals surface area contributed by atoms with E-state index in [1.807, 2.05) is 48.9 Å². The Labute approximate surface area is 154 Å². The third-order valence-corrected chi connectivity index (χ3v) is 4.31. The molecule has 4 heteroatoms. The quantitative estimate of drug-likeness (QED) is 0.692. The Kier molecular flexibility index (Phi) is 5.32. The molecule has 0 saturated heterocycles. The lowest BCUT2D eigenvalue weighted by atomic mass is 10.1. The fraction of sp³-hybridized carbons (Fsp3) is 0.182. The van der Waals surface area contributed by atoms with Gasteiger partial charge in [-0.2, -0.15) is 5.10 Å². The lowest BCUT2D eigenvalue weighted by Crippen LogP contribution is -2.10. The van der Waals surface area contributed by atoms with Gasteiger partial charge in [-0.1, -0.05) is 60.2 Å². The average molecular weight is 345 g/mol. The van der Waals surface area contributed by atoms with Crippen LogP contribution in [0, 0.1) is 20.8 Å². The molecule has 1 heterocycles. The molecule has 0 spiro atoms. The molecule has 0 atom stereocenters. The van der Waals surface area contributed by atoms with Crippen molar-refractivity contribution >= 4 is 17.7 Å². The van der Waals surface area contributed by atoms with Crippen molar-refractivity contribution in [1.82, 2.24) is 9.78 Å². The van der Waals surface area contributed by atoms with Gasteiger partial charge in [0, 0.05) is 6.08 Å². The molecule has 1 N–H and O–H groups in total. The molecule has 3 rings (SSSR count).